The molecule has 8 heteroatoms. The molecule has 0 bridgehead atoms. The van der Waals surface area contributed by atoms with Crippen LogP contribution < -0.4 is 10.3 Å². The number of aliphatic imine (C=N–C) groups is 1. The number of carbonyl (C=O) groups excluding carboxylic acids is 1. The lowest BCUT2D eigenvalue weighted by molar-refractivity contribution is -0.124. The largest absolute Gasteiger partial charge is 0.438 e. The van der Waals surface area contributed by atoms with Gasteiger partial charge in [-0.1, -0.05) is 48.1 Å². The Morgan fingerprint density at radius 3 is 2.57 bits per heavy atom. The number of hydrogen-bond acceptors (Lipinski definition) is 7. The molecule has 0 N–H and O–H groups in total. The fourth-order valence-corrected chi connectivity index (χ4v) is 6.08. The zero-order chi connectivity index (χ0) is 32.5. The van der Waals surface area contributed by atoms with Crippen molar-refractivity contribution in [2.24, 2.45) is 4.99 Å². The molecular formula is C38H43N3O4S. The summed E-state index contributed by atoms with van der Waals surface area (Å²) in [7, 11) is 3.56. The Hall–Kier alpha value is -4.19. The van der Waals surface area contributed by atoms with Crippen molar-refractivity contribution in [3.63, 3.8) is 0 Å². The molecule has 0 atom stereocenters. The standard InChI is InChI=1S/C38H43N3O4S/c1-27(38(43)40(3)4)24-32(17-15-30-13-14-30)28(2)39-19-7-5-6-8-29-9-11-31(12-10-29)16-18-33-26-46-37-34(42)25-35(45-36(33)37)41-20-22-44-23-21-41/h9-13,17,24-26H,5-8,14-15,19-23H2,1-4H3/b27-24+,32-17-,39-28?. The van der Waals surface area contributed by atoms with Gasteiger partial charge in [0.1, 0.15) is 4.70 Å². The maximum Gasteiger partial charge on any atom is 0.248 e. The summed E-state index contributed by atoms with van der Waals surface area (Å²) in [5.41, 5.74) is 7.69. The van der Waals surface area contributed by atoms with Crippen LogP contribution in [0.3, 0.4) is 0 Å². The second-order valence-electron chi connectivity index (χ2n) is 12.0. The van der Waals surface area contributed by atoms with Crippen molar-refractivity contribution in [2.45, 2.75) is 52.4 Å². The second-order valence-corrected chi connectivity index (χ2v) is 12.9. The van der Waals surface area contributed by atoms with Crippen molar-refractivity contribution in [1.29, 1.82) is 0 Å². The molecule has 1 fully saturated rings. The van der Waals surface area contributed by atoms with E-state index in [4.69, 9.17) is 14.1 Å². The number of amides is 1. The van der Waals surface area contributed by atoms with Crippen LogP contribution in [0.2, 0.25) is 0 Å². The van der Waals surface area contributed by atoms with Gasteiger partial charge < -0.3 is 19.0 Å². The number of unbranched alkanes of at least 4 members (excludes halogenated alkanes) is 2. The topological polar surface area (TPSA) is 75.4 Å². The molecule has 240 valence electrons. The van der Waals surface area contributed by atoms with Gasteiger partial charge in [0.2, 0.25) is 11.3 Å². The van der Waals surface area contributed by atoms with Gasteiger partial charge in [-0.25, -0.2) is 0 Å². The molecule has 7 nitrogen and oxygen atoms in total. The number of nitrogens with zero attached hydrogens (tertiary/aromatic N) is 3. The van der Waals surface area contributed by atoms with E-state index in [1.165, 1.54) is 22.5 Å². The Morgan fingerprint density at radius 1 is 1.09 bits per heavy atom. The van der Waals surface area contributed by atoms with Gasteiger partial charge in [0, 0.05) is 62.0 Å². The number of carbonyl (C=O) groups is 1. The number of hydrogen-bond donors (Lipinski definition) is 0. The monoisotopic (exact) mass is 637 g/mol. The number of ether oxygens (including phenoxy) is 1. The first-order valence-electron chi connectivity index (χ1n) is 16.1. The Morgan fingerprint density at radius 2 is 1.85 bits per heavy atom. The van der Waals surface area contributed by atoms with Gasteiger partial charge >= 0.3 is 0 Å². The van der Waals surface area contributed by atoms with E-state index in [1.54, 1.807) is 25.1 Å². The molecule has 46 heavy (non-hydrogen) atoms. The van der Waals surface area contributed by atoms with Crippen LogP contribution >= 0.6 is 11.3 Å². The molecular weight excluding hydrogens is 595 g/mol. The van der Waals surface area contributed by atoms with Crippen molar-refractivity contribution in [3.8, 4) is 11.8 Å². The molecule has 0 unspecified atom stereocenters. The normalized spacial score (nSPS) is 15.4. The van der Waals surface area contributed by atoms with Gasteiger partial charge in [0.05, 0.1) is 18.8 Å². The number of benzene rings is 1. The predicted octanol–water partition coefficient (Wildman–Crippen LogP) is 6.95. The van der Waals surface area contributed by atoms with Crippen molar-refractivity contribution in [1.82, 2.24) is 4.90 Å². The molecule has 1 aromatic carbocycles. The van der Waals surface area contributed by atoms with Crippen molar-refractivity contribution in [3.05, 3.63) is 97.6 Å². The minimum Gasteiger partial charge on any atom is -0.438 e. The quantitative estimate of drug-likeness (QED) is 0.0537. The van der Waals surface area contributed by atoms with Gasteiger partial charge in [-0.3, -0.25) is 14.6 Å². The third-order valence-corrected chi connectivity index (χ3v) is 9.11. The van der Waals surface area contributed by atoms with Gasteiger partial charge in [-0.15, -0.1) is 11.3 Å². The molecule has 0 radical (unpaired) electrons. The number of rotatable bonds is 12. The van der Waals surface area contributed by atoms with E-state index in [9.17, 15) is 9.59 Å². The maximum absolute atomic E-state index is 12.7. The molecule has 1 aliphatic heterocycles. The minimum atomic E-state index is -0.0313. The van der Waals surface area contributed by atoms with Crippen molar-refractivity contribution >= 4 is 39.1 Å². The van der Waals surface area contributed by atoms with Crippen LogP contribution in [-0.4, -0.2) is 63.5 Å². The number of anilines is 1. The van der Waals surface area contributed by atoms with Crippen LogP contribution in [0.4, 0.5) is 5.88 Å². The predicted molar refractivity (Wildman–Crippen MR) is 189 cm³/mol. The SMILES string of the molecule is CC(=NCCCCCc1ccc(C#Cc2csc3c(=O)cc(N4CCOCC4)oc23)cc1)C(=C\CC1=CC1)/C=C(\C)C(=O)N(C)C. The lowest BCUT2D eigenvalue weighted by Gasteiger charge is -2.26. The van der Waals surface area contributed by atoms with E-state index in [2.05, 4.69) is 48.3 Å². The Labute approximate surface area is 276 Å². The van der Waals surface area contributed by atoms with E-state index in [0.717, 1.165) is 73.1 Å². The number of morpholine rings is 1. The molecule has 1 amide bonds. The fraction of sp³-hybridized carbons (Fsp3) is 0.395. The van der Waals surface area contributed by atoms with E-state index in [-0.39, 0.29) is 11.3 Å². The Balaban J connectivity index is 1.11. The summed E-state index contributed by atoms with van der Waals surface area (Å²) in [5, 5.41) is 1.90. The van der Waals surface area contributed by atoms with E-state index < -0.39 is 0 Å². The average molecular weight is 638 g/mol. The highest BCUT2D eigenvalue weighted by molar-refractivity contribution is 7.17. The van der Waals surface area contributed by atoms with Crippen LogP contribution in [0.5, 0.6) is 0 Å². The van der Waals surface area contributed by atoms with Gasteiger partial charge in [0.25, 0.3) is 0 Å². The highest BCUT2D eigenvalue weighted by atomic mass is 32.1. The summed E-state index contributed by atoms with van der Waals surface area (Å²) in [5.74, 6) is 7.07. The lowest BCUT2D eigenvalue weighted by atomic mass is 10.0. The van der Waals surface area contributed by atoms with Crippen LogP contribution in [0.15, 0.2) is 84.9 Å². The first-order valence-corrected chi connectivity index (χ1v) is 16.9. The highest BCUT2D eigenvalue weighted by Crippen LogP contribution is 2.27. The van der Waals surface area contributed by atoms with E-state index >= 15 is 0 Å². The van der Waals surface area contributed by atoms with Gasteiger partial charge in [-0.2, -0.15) is 0 Å². The molecule has 3 aromatic rings. The Bertz CT molecular complexity index is 1790. The molecule has 0 spiro atoms. The molecule has 1 saturated heterocycles. The molecule has 2 aromatic heterocycles. The number of fused-ring (bicyclic) bond motifs is 1. The van der Waals surface area contributed by atoms with Crippen LogP contribution in [0, 0.1) is 11.8 Å². The molecule has 3 heterocycles. The van der Waals surface area contributed by atoms with Gasteiger partial charge in [-0.05, 0) is 75.3 Å². The minimum absolute atomic E-state index is 0.0218. The second kappa shape index (κ2) is 15.9. The van der Waals surface area contributed by atoms with E-state index in [0.29, 0.717) is 42.5 Å². The first kappa shape index (κ1) is 33.2. The van der Waals surface area contributed by atoms with Crippen molar-refractivity contribution < 1.29 is 13.9 Å². The summed E-state index contributed by atoms with van der Waals surface area (Å²) < 4.78 is 12.2. The smallest absolute Gasteiger partial charge is 0.248 e. The molecule has 1 aliphatic carbocycles. The number of allylic oxidation sites excluding steroid dienone is 5. The third kappa shape index (κ3) is 9.18. The zero-order valence-corrected chi connectivity index (χ0v) is 28.2. The lowest BCUT2D eigenvalue weighted by Crippen LogP contribution is -2.36. The molecule has 2 aliphatic rings. The Kier molecular flexibility index (Phi) is 11.5. The summed E-state index contributed by atoms with van der Waals surface area (Å²) >= 11 is 1.38. The summed E-state index contributed by atoms with van der Waals surface area (Å²) in [6, 6.07) is 9.98. The number of likely N-dealkylation sites (N-methyl/N-ethyl adjacent to an activating group) is 1. The highest BCUT2D eigenvalue weighted by Gasteiger charge is 2.17. The average Bonchev–Trinajstić information content (AvgIpc) is 3.81. The summed E-state index contributed by atoms with van der Waals surface area (Å²) in [6.07, 6.45) is 12.7. The molecule has 0 saturated carbocycles. The van der Waals surface area contributed by atoms with E-state index in [1.807, 2.05) is 30.2 Å². The molecule has 5 rings (SSSR count). The van der Waals surface area contributed by atoms with Crippen LogP contribution in [0.25, 0.3) is 10.3 Å². The van der Waals surface area contributed by atoms with Gasteiger partial charge in [0.15, 0.2) is 11.5 Å². The van der Waals surface area contributed by atoms with Crippen LogP contribution in [0.1, 0.15) is 62.6 Å². The first-order chi connectivity index (χ1) is 22.3. The summed E-state index contributed by atoms with van der Waals surface area (Å²) in [6.45, 7) is 7.35. The van der Waals surface area contributed by atoms with Crippen molar-refractivity contribution in [2.75, 3.05) is 51.8 Å². The third-order valence-electron chi connectivity index (χ3n) is 8.13. The zero-order valence-electron chi connectivity index (χ0n) is 27.4. The number of thiophene rings is 1. The fourth-order valence-electron chi connectivity index (χ4n) is 5.24. The maximum atomic E-state index is 12.7. The summed E-state index contributed by atoms with van der Waals surface area (Å²) in [4.78, 5) is 33.6. The number of aryl methyl sites for hydroxylation is 1. The van der Waals surface area contributed by atoms with Crippen LogP contribution in [-0.2, 0) is 16.0 Å².